The van der Waals surface area contributed by atoms with Crippen LogP contribution in [0.15, 0.2) is 42.6 Å². The largest absolute Gasteiger partial charge is 0.488 e. The molecule has 7 heteroatoms. The molecule has 2 aliphatic rings. The second-order valence-electron chi connectivity index (χ2n) is 7.14. The molecule has 3 heterocycles. The van der Waals surface area contributed by atoms with Crippen molar-refractivity contribution in [1.29, 1.82) is 0 Å². The third-order valence-electron chi connectivity index (χ3n) is 5.27. The number of nitrogens with zero attached hydrogens (tertiary/aromatic N) is 3. The summed E-state index contributed by atoms with van der Waals surface area (Å²) in [6, 6.07) is 11.8. The van der Waals surface area contributed by atoms with Gasteiger partial charge in [-0.25, -0.2) is 8.78 Å². The molecule has 2 aromatic heterocycles. The van der Waals surface area contributed by atoms with E-state index < -0.39 is 11.3 Å². The number of benzene rings is 1. The zero-order chi connectivity index (χ0) is 17.9. The number of aromatic nitrogens is 3. The standard InChI is InChI=1S/C19H17F2N3O2/c1-18(11-19(18,20)21)16-7-6-12(8-22-16)25-10-13-9-24-15-5-3-2-4-14(15)23-17(24)26-13/h2-8,13H,9-11H2,1H3/t13-,18?/m0/s1. The number of imidazole rings is 1. The Morgan fingerprint density at radius 2 is 2.08 bits per heavy atom. The minimum atomic E-state index is -2.66. The number of fused-ring (bicyclic) bond motifs is 3. The predicted molar refractivity (Wildman–Crippen MR) is 90.8 cm³/mol. The number of ether oxygens (including phenoxy) is 2. The van der Waals surface area contributed by atoms with Crippen molar-refractivity contribution in [2.24, 2.45) is 0 Å². The fraction of sp³-hybridized carbons (Fsp3) is 0.368. The van der Waals surface area contributed by atoms with Gasteiger partial charge in [0.05, 0.1) is 34.9 Å². The number of hydrogen-bond acceptors (Lipinski definition) is 4. The smallest absolute Gasteiger partial charge is 0.297 e. The van der Waals surface area contributed by atoms with E-state index in [4.69, 9.17) is 9.47 Å². The molecule has 0 radical (unpaired) electrons. The lowest BCUT2D eigenvalue weighted by atomic mass is 10.0. The molecule has 1 unspecified atom stereocenters. The third kappa shape index (κ3) is 2.26. The van der Waals surface area contributed by atoms with E-state index in [1.807, 2.05) is 28.8 Å². The molecule has 1 fully saturated rings. The van der Waals surface area contributed by atoms with Gasteiger partial charge in [0.25, 0.3) is 11.9 Å². The van der Waals surface area contributed by atoms with Crippen LogP contribution in [-0.2, 0) is 12.0 Å². The summed E-state index contributed by atoms with van der Waals surface area (Å²) in [5, 5.41) is 0. The van der Waals surface area contributed by atoms with E-state index in [1.54, 1.807) is 12.1 Å². The van der Waals surface area contributed by atoms with Crippen molar-refractivity contribution in [2.75, 3.05) is 6.61 Å². The van der Waals surface area contributed by atoms with Crippen molar-refractivity contribution in [3.63, 3.8) is 0 Å². The maximum absolute atomic E-state index is 13.4. The molecule has 0 bridgehead atoms. The number of rotatable bonds is 4. The summed E-state index contributed by atoms with van der Waals surface area (Å²) in [5.41, 5.74) is 1.20. The molecule has 3 aromatic rings. The Bertz CT molecular complexity index is 986. The predicted octanol–water partition coefficient (Wildman–Crippen LogP) is 3.57. The molecule has 0 spiro atoms. The van der Waals surface area contributed by atoms with E-state index in [2.05, 4.69) is 9.97 Å². The van der Waals surface area contributed by atoms with Gasteiger partial charge in [-0.05, 0) is 31.2 Å². The van der Waals surface area contributed by atoms with Crippen LogP contribution in [-0.4, -0.2) is 33.2 Å². The Morgan fingerprint density at radius 3 is 2.81 bits per heavy atom. The van der Waals surface area contributed by atoms with Crippen molar-refractivity contribution in [3.8, 4) is 11.8 Å². The lowest BCUT2D eigenvalue weighted by Crippen LogP contribution is -2.23. The highest BCUT2D eigenvalue weighted by Gasteiger charge is 2.69. The fourth-order valence-electron chi connectivity index (χ4n) is 3.46. The summed E-state index contributed by atoms with van der Waals surface area (Å²) in [5.74, 6) is -2.12. The van der Waals surface area contributed by atoms with Crippen molar-refractivity contribution in [3.05, 3.63) is 48.3 Å². The van der Waals surface area contributed by atoms with Gasteiger partial charge in [-0.1, -0.05) is 12.1 Å². The van der Waals surface area contributed by atoms with Gasteiger partial charge in [-0.2, -0.15) is 4.98 Å². The van der Waals surface area contributed by atoms with Gasteiger partial charge in [0, 0.05) is 6.42 Å². The molecular formula is C19H17F2N3O2. The van der Waals surface area contributed by atoms with Crippen LogP contribution in [0.2, 0.25) is 0 Å². The molecular weight excluding hydrogens is 340 g/mol. The van der Waals surface area contributed by atoms with Crippen molar-refractivity contribution in [2.45, 2.75) is 37.3 Å². The molecule has 1 aliphatic carbocycles. The number of para-hydroxylation sites is 2. The molecule has 0 amide bonds. The van der Waals surface area contributed by atoms with E-state index in [0.29, 0.717) is 30.6 Å². The highest BCUT2D eigenvalue weighted by Crippen LogP contribution is 2.60. The second kappa shape index (κ2) is 5.16. The van der Waals surface area contributed by atoms with Crippen LogP contribution in [0.3, 0.4) is 0 Å². The quantitative estimate of drug-likeness (QED) is 0.716. The first-order valence-corrected chi connectivity index (χ1v) is 8.55. The molecule has 5 nitrogen and oxygen atoms in total. The molecule has 0 saturated heterocycles. The summed E-state index contributed by atoms with van der Waals surface area (Å²) in [4.78, 5) is 8.62. The van der Waals surface area contributed by atoms with Gasteiger partial charge < -0.3 is 9.47 Å². The van der Waals surface area contributed by atoms with Gasteiger partial charge >= 0.3 is 0 Å². The number of halogens is 2. The molecule has 134 valence electrons. The van der Waals surface area contributed by atoms with Crippen LogP contribution >= 0.6 is 0 Å². The van der Waals surface area contributed by atoms with Gasteiger partial charge in [0.1, 0.15) is 12.4 Å². The Morgan fingerprint density at radius 1 is 1.27 bits per heavy atom. The number of alkyl halides is 2. The molecule has 1 saturated carbocycles. The first kappa shape index (κ1) is 15.5. The Labute approximate surface area is 148 Å². The van der Waals surface area contributed by atoms with Crippen molar-refractivity contribution >= 4 is 11.0 Å². The minimum absolute atomic E-state index is 0.146. The summed E-state index contributed by atoms with van der Waals surface area (Å²) < 4.78 is 40.5. The highest BCUT2D eigenvalue weighted by molar-refractivity contribution is 5.76. The summed E-state index contributed by atoms with van der Waals surface area (Å²) in [6.07, 6.45) is 1.20. The van der Waals surface area contributed by atoms with E-state index in [-0.39, 0.29) is 12.5 Å². The molecule has 1 aromatic carbocycles. The van der Waals surface area contributed by atoms with Gasteiger partial charge in [-0.15, -0.1) is 0 Å². The lowest BCUT2D eigenvalue weighted by molar-refractivity contribution is 0.0910. The van der Waals surface area contributed by atoms with E-state index in [1.165, 1.54) is 13.1 Å². The zero-order valence-corrected chi connectivity index (χ0v) is 14.2. The molecule has 2 atom stereocenters. The minimum Gasteiger partial charge on any atom is -0.488 e. The van der Waals surface area contributed by atoms with Crippen LogP contribution in [0.25, 0.3) is 11.0 Å². The Kier molecular flexibility index (Phi) is 3.08. The van der Waals surface area contributed by atoms with E-state index in [0.717, 1.165) is 11.0 Å². The van der Waals surface area contributed by atoms with Crippen LogP contribution in [0.5, 0.6) is 11.8 Å². The SMILES string of the molecule is CC1(c2ccc(OC[C@@H]3Cn4c(nc5ccccc54)O3)cn2)CC1(F)F. The molecule has 1 aliphatic heterocycles. The van der Waals surface area contributed by atoms with E-state index >= 15 is 0 Å². The molecule has 0 N–H and O–H groups in total. The third-order valence-corrected chi connectivity index (χ3v) is 5.27. The van der Waals surface area contributed by atoms with Gasteiger partial charge in [-0.3, -0.25) is 9.55 Å². The Balaban J connectivity index is 1.23. The average Bonchev–Trinajstić information content (AvgIpc) is 2.93. The second-order valence-corrected chi connectivity index (χ2v) is 7.14. The van der Waals surface area contributed by atoms with Gasteiger partial charge in [0.2, 0.25) is 0 Å². The monoisotopic (exact) mass is 357 g/mol. The lowest BCUT2D eigenvalue weighted by Gasteiger charge is -2.13. The first-order chi connectivity index (χ1) is 12.5. The average molecular weight is 357 g/mol. The first-order valence-electron chi connectivity index (χ1n) is 8.55. The molecule has 5 rings (SSSR count). The Hall–Kier alpha value is -2.70. The maximum Gasteiger partial charge on any atom is 0.297 e. The normalized spacial score (nSPS) is 25.7. The summed E-state index contributed by atoms with van der Waals surface area (Å²) >= 11 is 0. The van der Waals surface area contributed by atoms with Crippen LogP contribution < -0.4 is 9.47 Å². The van der Waals surface area contributed by atoms with Crippen molar-refractivity contribution < 1.29 is 18.3 Å². The highest BCUT2D eigenvalue weighted by atomic mass is 19.3. The van der Waals surface area contributed by atoms with Gasteiger partial charge in [0.15, 0.2) is 6.10 Å². The topological polar surface area (TPSA) is 49.2 Å². The zero-order valence-electron chi connectivity index (χ0n) is 14.2. The van der Waals surface area contributed by atoms with E-state index in [9.17, 15) is 8.78 Å². The van der Waals surface area contributed by atoms with Crippen molar-refractivity contribution in [1.82, 2.24) is 14.5 Å². The van der Waals surface area contributed by atoms with Crippen LogP contribution in [0, 0.1) is 0 Å². The number of hydrogen-bond donors (Lipinski definition) is 0. The van der Waals surface area contributed by atoms with Crippen LogP contribution in [0.4, 0.5) is 8.78 Å². The van der Waals surface area contributed by atoms with Crippen LogP contribution in [0.1, 0.15) is 19.0 Å². The maximum atomic E-state index is 13.4. The number of pyridine rings is 1. The molecule has 26 heavy (non-hydrogen) atoms. The summed E-state index contributed by atoms with van der Waals surface area (Å²) in [6.45, 7) is 2.53. The fourth-order valence-corrected chi connectivity index (χ4v) is 3.46. The summed E-state index contributed by atoms with van der Waals surface area (Å²) in [7, 11) is 0.